The van der Waals surface area contributed by atoms with Gasteiger partial charge in [-0.15, -0.1) is 0 Å². The first-order valence-corrected chi connectivity index (χ1v) is 6.34. The molecule has 0 amide bonds. The van der Waals surface area contributed by atoms with E-state index >= 15 is 0 Å². The number of halogens is 1. The van der Waals surface area contributed by atoms with E-state index in [1.54, 1.807) is 31.2 Å². The smallest absolute Gasteiger partial charge is 0.343 e. The molecule has 0 radical (unpaired) electrons. The van der Waals surface area contributed by atoms with E-state index in [1.165, 1.54) is 12.3 Å². The summed E-state index contributed by atoms with van der Waals surface area (Å²) < 4.78 is 10.5. The number of nitrogens with zero attached hydrogens (tertiary/aromatic N) is 1. The minimum atomic E-state index is -0.538. The summed E-state index contributed by atoms with van der Waals surface area (Å²) in [4.78, 5) is 15.9. The zero-order valence-corrected chi connectivity index (χ0v) is 11.6. The molecule has 0 spiro atoms. The maximum atomic E-state index is 11.9. The molecular formula is C14H13ClN2O3. The number of carbonyl (C=O) groups excluding carboxylic acids is 1. The largest absolute Gasteiger partial charge is 0.462 e. The molecule has 2 rings (SSSR count). The molecule has 0 aliphatic rings. The van der Waals surface area contributed by atoms with Crippen LogP contribution >= 0.6 is 11.6 Å². The predicted octanol–water partition coefficient (Wildman–Crippen LogP) is 3.29. The van der Waals surface area contributed by atoms with Crippen molar-refractivity contribution in [3.05, 3.63) is 47.1 Å². The Balaban J connectivity index is 2.33. The second-order valence-electron chi connectivity index (χ2n) is 3.90. The molecule has 0 aliphatic heterocycles. The fraction of sp³-hybridized carbons (Fsp3) is 0.143. The molecule has 1 aromatic carbocycles. The number of nitrogen functional groups attached to an aromatic ring is 1. The lowest BCUT2D eigenvalue weighted by Gasteiger charge is -2.10. The van der Waals surface area contributed by atoms with Crippen LogP contribution in [0.2, 0.25) is 5.02 Å². The van der Waals surface area contributed by atoms with Crippen molar-refractivity contribution in [2.75, 3.05) is 12.3 Å². The average Bonchev–Trinajstić information content (AvgIpc) is 2.41. The van der Waals surface area contributed by atoms with Gasteiger partial charge in [0, 0.05) is 5.02 Å². The minimum Gasteiger partial charge on any atom is -0.462 e. The number of aromatic nitrogens is 1. The first-order valence-electron chi connectivity index (χ1n) is 5.96. The maximum absolute atomic E-state index is 11.9. The Kier molecular flexibility index (Phi) is 4.42. The lowest BCUT2D eigenvalue weighted by Crippen LogP contribution is -2.08. The van der Waals surface area contributed by atoms with Gasteiger partial charge in [0.15, 0.2) is 0 Å². The third-order valence-electron chi connectivity index (χ3n) is 2.38. The van der Waals surface area contributed by atoms with Gasteiger partial charge >= 0.3 is 5.97 Å². The third-order valence-corrected chi connectivity index (χ3v) is 2.61. The van der Waals surface area contributed by atoms with Crippen LogP contribution in [0.3, 0.4) is 0 Å². The van der Waals surface area contributed by atoms with Gasteiger partial charge in [-0.1, -0.05) is 17.7 Å². The van der Waals surface area contributed by atoms with Crippen molar-refractivity contribution >= 4 is 23.3 Å². The van der Waals surface area contributed by atoms with Crippen molar-refractivity contribution in [3.8, 4) is 11.6 Å². The molecule has 5 nitrogen and oxygen atoms in total. The number of benzene rings is 1. The summed E-state index contributed by atoms with van der Waals surface area (Å²) in [5, 5.41) is 0.524. The van der Waals surface area contributed by atoms with Crippen LogP contribution in [0.15, 0.2) is 36.5 Å². The SMILES string of the molecule is CCOC(=O)c1cc(N)cnc1Oc1cccc(Cl)c1. The highest BCUT2D eigenvalue weighted by atomic mass is 35.5. The number of pyridine rings is 1. The van der Waals surface area contributed by atoms with E-state index in [4.69, 9.17) is 26.8 Å². The number of ether oxygens (including phenoxy) is 2. The molecule has 20 heavy (non-hydrogen) atoms. The van der Waals surface area contributed by atoms with Crippen LogP contribution in [0, 0.1) is 0 Å². The minimum absolute atomic E-state index is 0.125. The van der Waals surface area contributed by atoms with Crippen molar-refractivity contribution in [1.29, 1.82) is 0 Å². The lowest BCUT2D eigenvalue weighted by molar-refractivity contribution is 0.0523. The molecule has 0 saturated carbocycles. The number of nitrogens with two attached hydrogens (primary N) is 1. The predicted molar refractivity (Wildman–Crippen MR) is 76.1 cm³/mol. The summed E-state index contributed by atoms with van der Waals surface area (Å²) in [6, 6.07) is 8.24. The summed E-state index contributed by atoms with van der Waals surface area (Å²) in [7, 11) is 0. The Morgan fingerprint density at radius 1 is 1.40 bits per heavy atom. The Bertz CT molecular complexity index is 632. The highest BCUT2D eigenvalue weighted by molar-refractivity contribution is 6.30. The first-order chi connectivity index (χ1) is 9.60. The number of carbonyl (C=O) groups is 1. The average molecular weight is 293 g/mol. The van der Waals surface area contributed by atoms with Gasteiger partial charge in [0.2, 0.25) is 5.88 Å². The van der Waals surface area contributed by atoms with Gasteiger partial charge in [-0.25, -0.2) is 9.78 Å². The standard InChI is InChI=1S/C14H13ClN2O3/c1-2-19-14(18)12-7-10(16)8-17-13(12)20-11-5-3-4-9(15)6-11/h3-8H,2,16H2,1H3. The quantitative estimate of drug-likeness (QED) is 0.875. The van der Waals surface area contributed by atoms with E-state index in [0.717, 1.165) is 0 Å². The molecule has 0 atom stereocenters. The Morgan fingerprint density at radius 3 is 2.90 bits per heavy atom. The second kappa shape index (κ2) is 6.25. The van der Waals surface area contributed by atoms with Crippen LogP contribution in [-0.2, 0) is 4.74 Å². The van der Waals surface area contributed by atoms with Gasteiger partial charge in [0.25, 0.3) is 0 Å². The Labute approximate surface area is 121 Å². The van der Waals surface area contributed by atoms with Crippen LogP contribution in [0.1, 0.15) is 17.3 Å². The highest BCUT2D eigenvalue weighted by Crippen LogP contribution is 2.26. The molecule has 2 N–H and O–H groups in total. The van der Waals surface area contributed by atoms with E-state index in [2.05, 4.69) is 4.98 Å². The maximum Gasteiger partial charge on any atom is 0.343 e. The number of esters is 1. The number of anilines is 1. The molecule has 6 heteroatoms. The third kappa shape index (κ3) is 3.39. The topological polar surface area (TPSA) is 74.4 Å². The van der Waals surface area contributed by atoms with E-state index < -0.39 is 5.97 Å². The van der Waals surface area contributed by atoms with Crippen molar-refractivity contribution in [2.45, 2.75) is 6.92 Å². The molecule has 0 saturated heterocycles. The summed E-state index contributed by atoms with van der Waals surface area (Å²) in [5.74, 6) is 0.0598. The van der Waals surface area contributed by atoms with E-state index in [0.29, 0.717) is 16.5 Å². The molecule has 1 heterocycles. The lowest BCUT2D eigenvalue weighted by atomic mass is 10.2. The molecule has 0 aliphatic carbocycles. The zero-order chi connectivity index (χ0) is 14.5. The van der Waals surface area contributed by atoms with Crippen LogP contribution in [0.4, 0.5) is 5.69 Å². The summed E-state index contributed by atoms with van der Waals surface area (Å²) >= 11 is 5.88. The summed E-state index contributed by atoms with van der Waals surface area (Å²) in [5.41, 5.74) is 6.16. The van der Waals surface area contributed by atoms with Crippen molar-refractivity contribution in [2.24, 2.45) is 0 Å². The van der Waals surface area contributed by atoms with Crippen molar-refractivity contribution in [3.63, 3.8) is 0 Å². The Morgan fingerprint density at radius 2 is 2.20 bits per heavy atom. The highest BCUT2D eigenvalue weighted by Gasteiger charge is 2.16. The number of hydrogen-bond donors (Lipinski definition) is 1. The second-order valence-corrected chi connectivity index (χ2v) is 4.34. The van der Waals surface area contributed by atoms with Gasteiger partial charge in [0.1, 0.15) is 11.3 Å². The van der Waals surface area contributed by atoms with Crippen LogP contribution < -0.4 is 10.5 Å². The molecule has 2 aromatic rings. The van der Waals surface area contributed by atoms with Crippen molar-refractivity contribution in [1.82, 2.24) is 4.98 Å². The zero-order valence-electron chi connectivity index (χ0n) is 10.8. The molecule has 0 fully saturated rings. The molecular weight excluding hydrogens is 280 g/mol. The first kappa shape index (κ1) is 14.1. The normalized spacial score (nSPS) is 10.1. The van der Waals surface area contributed by atoms with Gasteiger partial charge < -0.3 is 15.2 Å². The van der Waals surface area contributed by atoms with Crippen molar-refractivity contribution < 1.29 is 14.3 Å². The number of rotatable bonds is 4. The summed E-state index contributed by atoms with van der Waals surface area (Å²) in [6.45, 7) is 1.97. The number of hydrogen-bond acceptors (Lipinski definition) is 5. The monoisotopic (exact) mass is 292 g/mol. The van der Waals surface area contributed by atoms with Gasteiger partial charge in [-0.2, -0.15) is 0 Å². The summed E-state index contributed by atoms with van der Waals surface area (Å²) in [6.07, 6.45) is 1.41. The molecule has 0 bridgehead atoms. The molecule has 104 valence electrons. The fourth-order valence-corrected chi connectivity index (χ4v) is 1.73. The van der Waals surface area contributed by atoms with E-state index in [9.17, 15) is 4.79 Å². The fourth-order valence-electron chi connectivity index (χ4n) is 1.55. The van der Waals surface area contributed by atoms with Gasteiger partial charge in [0.05, 0.1) is 18.5 Å². The van der Waals surface area contributed by atoms with Gasteiger partial charge in [-0.3, -0.25) is 0 Å². The van der Waals surface area contributed by atoms with Crippen LogP contribution in [-0.4, -0.2) is 17.6 Å². The van der Waals surface area contributed by atoms with Gasteiger partial charge in [-0.05, 0) is 31.2 Å². The van der Waals surface area contributed by atoms with Crippen LogP contribution in [0.25, 0.3) is 0 Å². The van der Waals surface area contributed by atoms with E-state index in [-0.39, 0.29) is 18.1 Å². The van der Waals surface area contributed by atoms with Crippen LogP contribution in [0.5, 0.6) is 11.6 Å². The molecule has 1 aromatic heterocycles. The van der Waals surface area contributed by atoms with E-state index in [1.807, 2.05) is 0 Å². The Hall–Kier alpha value is -2.27. The molecule has 0 unspecified atom stereocenters.